The summed E-state index contributed by atoms with van der Waals surface area (Å²) < 4.78 is 0. The maximum absolute atomic E-state index is 12.2. The number of hydrogen-bond acceptors (Lipinski definition) is 2. The van der Waals surface area contributed by atoms with Gasteiger partial charge < -0.3 is 14.7 Å². The minimum atomic E-state index is 0.223. The summed E-state index contributed by atoms with van der Waals surface area (Å²) in [5.41, 5.74) is 1.26. The summed E-state index contributed by atoms with van der Waals surface area (Å²) in [6.07, 6.45) is 1.12. The first-order valence-electron chi connectivity index (χ1n) is 8.35. The zero-order valence-electron chi connectivity index (χ0n) is 13.4. The van der Waals surface area contributed by atoms with E-state index in [1.165, 1.54) is 38.3 Å². The molecular formula is C17H27N3OS+2. The number of likely N-dealkylation sites (N-methyl/N-ethyl adjacent to an activating group) is 1. The second kappa shape index (κ2) is 7.49. The summed E-state index contributed by atoms with van der Waals surface area (Å²) in [6, 6.07) is 10.4. The van der Waals surface area contributed by atoms with Gasteiger partial charge in [-0.2, -0.15) is 0 Å². The van der Waals surface area contributed by atoms with Gasteiger partial charge in [0.05, 0.1) is 19.3 Å². The molecule has 5 heteroatoms. The Bertz CT molecular complexity index is 488. The number of carbonyl (C=O) groups excluding carboxylic acids is 1. The normalized spacial score (nSPS) is 29.0. The number of carbonyl (C=O) groups is 1. The maximum Gasteiger partial charge on any atom is 0.233 e. The van der Waals surface area contributed by atoms with Crippen LogP contribution in [-0.4, -0.2) is 62.9 Å². The fraction of sp³-hybridized carbons (Fsp3) is 0.588. The van der Waals surface area contributed by atoms with E-state index in [0.717, 1.165) is 13.0 Å². The molecule has 2 aliphatic heterocycles. The summed E-state index contributed by atoms with van der Waals surface area (Å²) >= 11 is 1.76. The molecule has 0 unspecified atom stereocenters. The monoisotopic (exact) mass is 321 g/mol. The standard InChI is InChI=1S/C17H25N3OS/c1-18-10-12-19(13-11-18)8-5-9-20-16(21)14-22-17(20)15-6-3-2-4-7-15/h2-4,6-7,17H,5,8-14H2,1H3/p+2/t17-/m0/s1. The van der Waals surface area contributed by atoms with E-state index in [4.69, 9.17) is 0 Å². The van der Waals surface area contributed by atoms with Gasteiger partial charge in [0, 0.05) is 13.0 Å². The van der Waals surface area contributed by atoms with Crippen LogP contribution in [0.1, 0.15) is 17.4 Å². The number of nitrogens with zero attached hydrogens (tertiary/aromatic N) is 1. The van der Waals surface area contributed by atoms with Crippen LogP contribution in [0, 0.1) is 0 Å². The van der Waals surface area contributed by atoms with Crippen LogP contribution in [0.15, 0.2) is 30.3 Å². The summed E-state index contributed by atoms with van der Waals surface area (Å²) in [4.78, 5) is 17.6. The number of hydrogen-bond donors (Lipinski definition) is 2. The summed E-state index contributed by atoms with van der Waals surface area (Å²) in [5, 5.41) is 0.223. The Morgan fingerprint density at radius 1 is 1.18 bits per heavy atom. The third kappa shape index (κ3) is 3.83. The largest absolute Gasteiger partial charge is 0.328 e. The molecule has 2 saturated heterocycles. The molecule has 4 nitrogen and oxygen atoms in total. The lowest BCUT2D eigenvalue weighted by atomic mass is 10.2. The maximum atomic E-state index is 12.2. The first-order chi connectivity index (χ1) is 10.7. The first-order valence-corrected chi connectivity index (χ1v) is 9.40. The van der Waals surface area contributed by atoms with E-state index in [1.807, 2.05) is 6.07 Å². The second-order valence-electron chi connectivity index (χ2n) is 6.47. The van der Waals surface area contributed by atoms with Crippen LogP contribution in [0.3, 0.4) is 0 Å². The number of benzene rings is 1. The van der Waals surface area contributed by atoms with E-state index < -0.39 is 0 Å². The van der Waals surface area contributed by atoms with E-state index in [1.54, 1.807) is 21.6 Å². The predicted octanol–water partition coefficient (Wildman–Crippen LogP) is -0.936. The lowest BCUT2D eigenvalue weighted by Gasteiger charge is -2.29. The lowest BCUT2D eigenvalue weighted by Crippen LogP contribution is -3.27. The minimum Gasteiger partial charge on any atom is -0.328 e. The van der Waals surface area contributed by atoms with Gasteiger partial charge in [0.1, 0.15) is 31.6 Å². The zero-order valence-corrected chi connectivity index (χ0v) is 14.2. The van der Waals surface area contributed by atoms with Crippen LogP contribution < -0.4 is 9.80 Å². The quantitative estimate of drug-likeness (QED) is 0.733. The van der Waals surface area contributed by atoms with Crippen LogP contribution in [-0.2, 0) is 4.79 Å². The molecule has 0 spiro atoms. The molecule has 0 radical (unpaired) electrons. The number of quaternary nitrogens is 2. The van der Waals surface area contributed by atoms with E-state index in [2.05, 4.69) is 36.2 Å². The first kappa shape index (κ1) is 15.8. The smallest absolute Gasteiger partial charge is 0.233 e. The lowest BCUT2D eigenvalue weighted by molar-refractivity contribution is -1.00. The average molecular weight is 321 g/mol. The van der Waals surface area contributed by atoms with Crippen molar-refractivity contribution in [2.75, 3.05) is 52.1 Å². The highest BCUT2D eigenvalue weighted by Gasteiger charge is 2.32. The Kier molecular flexibility index (Phi) is 5.39. The SMILES string of the molecule is C[NH+]1CC[NH+](CCCN2C(=O)CS[C@H]2c2ccccc2)CC1. The van der Waals surface area contributed by atoms with Crippen molar-refractivity contribution in [2.45, 2.75) is 11.8 Å². The van der Waals surface area contributed by atoms with Crippen molar-refractivity contribution in [3.63, 3.8) is 0 Å². The minimum absolute atomic E-state index is 0.223. The van der Waals surface area contributed by atoms with Crippen LogP contribution in [0.2, 0.25) is 0 Å². The molecule has 0 aliphatic carbocycles. The Hall–Kier alpha value is -1.04. The number of nitrogens with one attached hydrogen (secondary N) is 2. The molecular weight excluding hydrogens is 294 g/mol. The van der Waals surface area contributed by atoms with Crippen molar-refractivity contribution in [1.82, 2.24) is 4.90 Å². The molecule has 1 aromatic rings. The van der Waals surface area contributed by atoms with Gasteiger partial charge in [-0.1, -0.05) is 30.3 Å². The molecule has 1 amide bonds. The van der Waals surface area contributed by atoms with Gasteiger partial charge >= 0.3 is 0 Å². The molecule has 0 saturated carbocycles. The molecule has 2 aliphatic rings. The van der Waals surface area contributed by atoms with E-state index in [9.17, 15) is 4.79 Å². The molecule has 1 aromatic carbocycles. The topological polar surface area (TPSA) is 29.2 Å². The van der Waals surface area contributed by atoms with Crippen molar-refractivity contribution >= 4 is 17.7 Å². The molecule has 1 atom stereocenters. The Labute approximate surface area is 137 Å². The van der Waals surface area contributed by atoms with Gasteiger partial charge in [-0.25, -0.2) is 0 Å². The van der Waals surface area contributed by atoms with Crippen molar-refractivity contribution in [2.24, 2.45) is 0 Å². The molecule has 120 valence electrons. The van der Waals surface area contributed by atoms with Gasteiger partial charge in [0.25, 0.3) is 0 Å². The van der Waals surface area contributed by atoms with E-state index in [0.29, 0.717) is 11.7 Å². The highest BCUT2D eigenvalue weighted by molar-refractivity contribution is 8.00. The molecule has 3 rings (SSSR count). The number of rotatable bonds is 5. The highest BCUT2D eigenvalue weighted by Crippen LogP contribution is 2.38. The Morgan fingerprint density at radius 2 is 1.91 bits per heavy atom. The molecule has 2 fully saturated rings. The van der Waals surface area contributed by atoms with Crippen molar-refractivity contribution in [3.8, 4) is 0 Å². The third-order valence-electron chi connectivity index (χ3n) is 4.79. The molecule has 0 bridgehead atoms. The van der Waals surface area contributed by atoms with Gasteiger partial charge in [0.2, 0.25) is 5.91 Å². The van der Waals surface area contributed by atoms with Gasteiger partial charge in [-0.3, -0.25) is 4.79 Å². The average Bonchev–Trinajstić information content (AvgIpc) is 2.91. The third-order valence-corrected chi connectivity index (χ3v) is 6.05. The van der Waals surface area contributed by atoms with Gasteiger partial charge in [-0.15, -0.1) is 11.8 Å². The van der Waals surface area contributed by atoms with E-state index in [-0.39, 0.29) is 5.37 Å². The summed E-state index contributed by atoms with van der Waals surface area (Å²) in [7, 11) is 2.28. The molecule has 22 heavy (non-hydrogen) atoms. The van der Waals surface area contributed by atoms with Crippen LogP contribution in [0.4, 0.5) is 0 Å². The van der Waals surface area contributed by atoms with Gasteiger partial charge in [-0.05, 0) is 5.56 Å². The molecule has 2 N–H and O–H groups in total. The van der Waals surface area contributed by atoms with Crippen LogP contribution in [0.5, 0.6) is 0 Å². The van der Waals surface area contributed by atoms with Crippen LogP contribution in [0.25, 0.3) is 0 Å². The number of piperazine rings is 1. The van der Waals surface area contributed by atoms with E-state index >= 15 is 0 Å². The fourth-order valence-corrected chi connectivity index (χ4v) is 4.59. The Balaban J connectivity index is 1.51. The molecule has 0 aromatic heterocycles. The second-order valence-corrected chi connectivity index (χ2v) is 7.54. The summed E-state index contributed by atoms with van der Waals surface area (Å²) in [5.74, 6) is 0.932. The van der Waals surface area contributed by atoms with Crippen molar-refractivity contribution in [3.05, 3.63) is 35.9 Å². The number of thioether (sulfide) groups is 1. The van der Waals surface area contributed by atoms with Gasteiger partial charge in [0.15, 0.2) is 0 Å². The highest BCUT2D eigenvalue weighted by atomic mass is 32.2. The fourth-order valence-electron chi connectivity index (χ4n) is 3.37. The molecule has 2 heterocycles. The number of amides is 1. The Morgan fingerprint density at radius 3 is 2.64 bits per heavy atom. The van der Waals surface area contributed by atoms with Crippen molar-refractivity contribution in [1.29, 1.82) is 0 Å². The van der Waals surface area contributed by atoms with Crippen LogP contribution >= 0.6 is 11.8 Å². The predicted molar refractivity (Wildman–Crippen MR) is 90.2 cm³/mol. The summed E-state index contributed by atoms with van der Waals surface area (Å²) in [6.45, 7) is 7.20. The van der Waals surface area contributed by atoms with Crippen molar-refractivity contribution < 1.29 is 14.6 Å². The zero-order chi connectivity index (χ0) is 15.4.